The highest BCUT2D eigenvalue weighted by Crippen LogP contribution is 2.29. The standard InChI is InChI=1S/C21H40N4O3S/c1-19(2,3)8-9-21(6,7)28-13-10-20(4,5)25-18(16-22-23-25)17-24-11-14-29(26,27)15-12-24/h16H,8-15,17H2,1-7H3. The molecule has 0 spiro atoms. The van der Waals surface area contributed by atoms with Gasteiger partial charge >= 0.3 is 0 Å². The minimum absolute atomic E-state index is 0.145. The van der Waals surface area contributed by atoms with Gasteiger partial charge < -0.3 is 4.74 Å². The summed E-state index contributed by atoms with van der Waals surface area (Å²) in [6.45, 7) is 17.9. The van der Waals surface area contributed by atoms with Crippen LogP contribution in [0.5, 0.6) is 0 Å². The Bertz CT molecular complexity index is 749. The van der Waals surface area contributed by atoms with Gasteiger partial charge in [-0.1, -0.05) is 26.0 Å². The van der Waals surface area contributed by atoms with Gasteiger partial charge in [0, 0.05) is 26.2 Å². The Morgan fingerprint density at radius 1 is 1.00 bits per heavy atom. The lowest BCUT2D eigenvalue weighted by Gasteiger charge is -2.33. The van der Waals surface area contributed by atoms with E-state index in [2.05, 4.69) is 63.7 Å². The van der Waals surface area contributed by atoms with Crippen LogP contribution in [0.1, 0.15) is 73.4 Å². The second-order valence-corrected chi connectivity index (χ2v) is 13.1. The Labute approximate surface area is 177 Å². The highest BCUT2D eigenvalue weighted by Gasteiger charge is 2.29. The normalized spacial score (nSPS) is 18.9. The zero-order chi connectivity index (χ0) is 21.9. The summed E-state index contributed by atoms with van der Waals surface area (Å²) in [6, 6.07) is 0. The maximum absolute atomic E-state index is 11.7. The zero-order valence-corrected chi connectivity index (χ0v) is 20.2. The molecule has 2 heterocycles. The van der Waals surface area contributed by atoms with Crippen molar-refractivity contribution < 1.29 is 13.2 Å². The molecule has 1 aromatic rings. The van der Waals surface area contributed by atoms with Gasteiger partial charge in [0.2, 0.25) is 0 Å². The van der Waals surface area contributed by atoms with Gasteiger partial charge in [0.1, 0.15) is 0 Å². The van der Waals surface area contributed by atoms with Gasteiger partial charge in [-0.25, -0.2) is 13.1 Å². The summed E-state index contributed by atoms with van der Waals surface area (Å²) in [5.41, 5.74) is 0.951. The van der Waals surface area contributed by atoms with Crippen LogP contribution < -0.4 is 0 Å². The number of hydrogen-bond donors (Lipinski definition) is 0. The maximum Gasteiger partial charge on any atom is 0.152 e. The monoisotopic (exact) mass is 428 g/mol. The van der Waals surface area contributed by atoms with Crippen molar-refractivity contribution in [3.8, 4) is 0 Å². The fraction of sp³-hybridized carbons (Fsp3) is 0.905. The van der Waals surface area contributed by atoms with E-state index in [4.69, 9.17) is 4.74 Å². The molecule has 0 bridgehead atoms. The van der Waals surface area contributed by atoms with Gasteiger partial charge in [-0.3, -0.25) is 4.90 Å². The average Bonchev–Trinajstić information content (AvgIpc) is 3.03. The van der Waals surface area contributed by atoms with Gasteiger partial charge in [0.15, 0.2) is 9.84 Å². The van der Waals surface area contributed by atoms with Crippen molar-refractivity contribution in [2.24, 2.45) is 5.41 Å². The smallest absolute Gasteiger partial charge is 0.152 e. The van der Waals surface area contributed by atoms with Crippen molar-refractivity contribution in [2.45, 2.75) is 85.4 Å². The summed E-state index contributed by atoms with van der Waals surface area (Å²) in [6.07, 6.45) is 4.78. The highest BCUT2D eigenvalue weighted by molar-refractivity contribution is 7.91. The first-order chi connectivity index (χ1) is 13.2. The van der Waals surface area contributed by atoms with Crippen LogP contribution in [0.2, 0.25) is 0 Å². The molecule has 0 saturated carbocycles. The summed E-state index contributed by atoms with van der Waals surface area (Å²) < 4.78 is 31.5. The number of nitrogens with zero attached hydrogens (tertiary/aromatic N) is 4. The largest absolute Gasteiger partial charge is 0.375 e. The van der Waals surface area contributed by atoms with E-state index in [9.17, 15) is 8.42 Å². The van der Waals surface area contributed by atoms with Crippen LogP contribution in [0.15, 0.2) is 6.20 Å². The molecule has 168 valence electrons. The zero-order valence-electron chi connectivity index (χ0n) is 19.4. The van der Waals surface area contributed by atoms with Gasteiger partial charge in [0.25, 0.3) is 0 Å². The SMILES string of the molecule is CC(C)(C)CCC(C)(C)OCCC(C)(C)n1nncc1CN1CCS(=O)(=O)CC1. The van der Waals surface area contributed by atoms with Crippen molar-refractivity contribution in [1.82, 2.24) is 19.9 Å². The molecular formula is C21H40N4O3S. The topological polar surface area (TPSA) is 77.3 Å². The molecule has 0 aromatic carbocycles. The minimum atomic E-state index is -2.87. The summed E-state index contributed by atoms with van der Waals surface area (Å²) >= 11 is 0. The van der Waals surface area contributed by atoms with Crippen LogP contribution in [0.3, 0.4) is 0 Å². The second kappa shape index (κ2) is 9.02. The lowest BCUT2D eigenvalue weighted by Crippen LogP contribution is -2.41. The molecule has 1 aliphatic rings. The molecule has 0 amide bonds. The molecule has 1 saturated heterocycles. The molecule has 0 N–H and O–H groups in total. The highest BCUT2D eigenvalue weighted by atomic mass is 32.2. The van der Waals surface area contributed by atoms with Gasteiger partial charge in [-0.15, -0.1) is 5.10 Å². The molecule has 8 heteroatoms. The van der Waals surface area contributed by atoms with Gasteiger partial charge in [0.05, 0.1) is 34.5 Å². The number of hydrogen-bond acceptors (Lipinski definition) is 6. The number of aromatic nitrogens is 3. The third kappa shape index (κ3) is 7.98. The average molecular weight is 429 g/mol. The van der Waals surface area contributed by atoms with E-state index >= 15 is 0 Å². The Balaban J connectivity index is 1.90. The lowest BCUT2D eigenvalue weighted by atomic mass is 9.86. The van der Waals surface area contributed by atoms with Crippen molar-refractivity contribution in [1.29, 1.82) is 0 Å². The maximum atomic E-state index is 11.7. The summed E-state index contributed by atoms with van der Waals surface area (Å²) in [7, 11) is -2.87. The van der Waals surface area contributed by atoms with E-state index in [1.807, 2.05) is 4.68 Å². The van der Waals surface area contributed by atoms with Crippen LogP contribution in [-0.4, -0.2) is 65.1 Å². The van der Waals surface area contributed by atoms with E-state index in [1.54, 1.807) is 6.20 Å². The van der Waals surface area contributed by atoms with Crippen molar-refractivity contribution in [3.05, 3.63) is 11.9 Å². The lowest BCUT2D eigenvalue weighted by molar-refractivity contribution is -0.0400. The molecule has 0 aliphatic carbocycles. The molecular weight excluding hydrogens is 388 g/mol. The fourth-order valence-corrected chi connectivity index (χ4v) is 4.72. The fourth-order valence-electron chi connectivity index (χ4n) is 3.44. The van der Waals surface area contributed by atoms with Crippen LogP contribution in [-0.2, 0) is 26.7 Å². The summed E-state index contributed by atoms with van der Waals surface area (Å²) in [5, 5.41) is 8.45. The molecule has 7 nitrogen and oxygen atoms in total. The number of rotatable bonds is 9. The van der Waals surface area contributed by atoms with Crippen LogP contribution in [0, 0.1) is 5.41 Å². The molecule has 29 heavy (non-hydrogen) atoms. The number of sulfone groups is 1. The molecule has 0 radical (unpaired) electrons. The molecule has 0 unspecified atom stereocenters. The molecule has 1 fully saturated rings. The van der Waals surface area contributed by atoms with Crippen molar-refractivity contribution in [2.75, 3.05) is 31.2 Å². The van der Waals surface area contributed by atoms with Crippen LogP contribution in [0.4, 0.5) is 0 Å². The van der Waals surface area contributed by atoms with Crippen molar-refractivity contribution in [3.63, 3.8) is 0 Å². The Morgan fingerprint density at radius 3 is 2.21 bits per heavy atom. The second-order valence-electron chi connectivity index (χ2n) is 10.8. The molecule has 2 rings (SSSR count). The molecule has 1 aromatic heterocycles. The predicted octanol–water partition coefficient (Wildman–Crippen LogP) is 3.26. The molecule has 1 aliphatic heterocycles. The third-order valence-corrected chi connectivity index (χ3v) is 7.31. The predicted molar refractivity (Wildman–Crippen MR) is 117 cm³/mol. The first-order valence-corrected chi connectivity index (χ1v) is 12.5. The Hall–Kier alpha value is -0.990. The molecule has 0 atom stereocenters. The van der Waals surface area contributed by atoms with E-state index in [1.165, 1.54) is 0 Å². The Kier molecular flexibility index (Phi) is 7.55. The minimum Gasteiger partial charge on any atom is -0.375 e. The quantitative estimate of drug-likeness (QED) is 0.601. The summed E-state index contributed by atoms with van der Waals surface area (Å²) in [5.74, 6) is 0.463. The van der Waals surface area contributed by atoms with E-state index in [-0.39, 0.29) is 22.6 Å². The van der Waals surface area contributed by atoms with Gasteiger partial charge in [-0.2, -0.15) is 0 Å². The van der Waals surface area contributed by atoms with E-state index in [0.717, 1.165) is 25.0 Å². The first-order valence-electron chi connectivity index (χ1n) is 10.7. The van der Waals surface area contributed by atoms with Crippen LogP contribution >= 0.6 is 0 Å². The van der Waals surface area contributed by atoms with E-state index < -0.39 is 9.84 Å². The number of ether oxygens (including phenoxy) is 1. The van der Waals surface area contributed by atoms with E-state index in [0.29, 0.717) is 31.7 Å². The Morgan fingerprint density at radius 2 is 1.62 bits per heavy atom. The summed E-state index contributed by atoms with van der Waals surface area (Å²) in [4.78, 5) is 2.17. The van der Waals surface area contributed by atoms with Gasteiger partial charge in [-0.05, 0) is 52.4 Å². The third-order valence-electron chi connectivity index (χ3n) is 5.70. The first kappa shape index (κ1) is 24.3. The van der Waals surface area contributed by atoms with Crippen LogP contribution in [0.25, 0.3) is 0 Å². The van der Waals surface area contributed by atoms with Crippen molar-refractivity contribution >= 4 is 9.84 Å².